The Kier molecular flexibility index (Phi) is 5.19. The fourth-order valence-corrected chi connectivity index (χ4v) is 3.05. The van der Waals surface area contributed by atoms with Gasteiger partial charge >= 0.3 is 0 Å². The molecule has 0 bridgehead atoms. The third kappa shape index (κ3) is 4.28. The van der Waals surface area contributed by atoms with Crippen LogP contribution in [0.1, 0.15) is 5.56 Å². The number of amides is 2. The van der Waals surface area contributed by atoms with E-state index in [2.05, 4.69) is 23.5 Å². The predicted octanol–water partition coefficient (Wildman–Crippen LogP) is 1.24. The lowest BCUT2D eigenvalue weighted by atomic mass is 10.1. The Morgan fingerprint density at radius 1 is 1.24 bits per heavy atom. The molecule has 0 saturated carbocycles. The summed E-state index contributed by atoms with van der Waals surface area (Å²) in [4.78, 5) is 27.3. The summed E-state index contributed by atoms with van der Waals surface area (Å²) < 4.78 is 5.25. The lowest BCUT2D eigenvalue weighted by Crippen LogP contribution is -2.52. The second-order valence-electron chi connectivity index (χ2n) is 6.38. The van der Waals surface area contributed by atoms with Gasteiger partial charge in [0.05, 0.1) is 20.2 Å². The third-order valence-electron chi connectivity index (χ3n) is 4.36. The summed E-state index contributed by atoms with van der Waals surface area (Å²) in [6, 6.07) is 12.3. The lowest BCUT2D eigenvalue weighted by Gasteiger charge is -2.28. The van der Waals surface area contributed by atoms with Crippen LogP contribution in [0.15, 0.2) is 36.4 Å². The summed E-state index contributed by atoms with van der Waals surface area (Å²) >= 11 is 0. The first-order valence-electron chi connectivity index (χ1n) is 8.35. The van der Waals surface area contributed by atoms with Crippen LogP contribution in [0.4, 0.5) is 0 Å². The molecule has 0 atom stereocenters. The zero-order chi connectivity index (χ0) is 17.8. The highest BCUT2D eigenvalue weighted by Crippen LogP contribution is 2.22. The second-order valence-corrected chi connectivity index (χ2v) is 6.38. The molecule has 6 heteroatoms. The van der Waals surface area contributed by atoms with E-state index in [-0.39, 0.29) is 18.4 Å². The van der Waals surface area contributed by atoms with E-state index in [0.29, 0.717) is 26.2 Å². The van der Waals surface area contributed by atoms with Gasteiger partial charge in [0.25, 0.3) is 0 Å². The molecule has 1 aliphatic rings. The van der Waals surface area contributed by atoms with Crippen LogP contribution in [0.5, 0.6) is 5.75 Å². The van der Waals surface area contributed by atoms with Crippen molar-refractivity contribution in [3.63, 3.8) is 0 Å². The van der Waals surface area contributed by atoms with Crippen molar-refractivity contribution in [2.75, 3.05) is 40.3 Å². The average Bonchev–Trinajstić information content (AvgIpc) is 2.61. The molecule has 0 aliphatic carbocycles. The van der Waals surface area contributed by atoms with Crippen LogP contribution in [0.2, 0.25) is 0 Å². The number of carbonyl (C=O) groups is 2. The molecule has 132 valence electrons. The molecular weight excluding hydrogens is 318 g/mol. The van der Waals surface area contributed by atoms with E-state index in [1.807, 2.05) is 30.1 Å². The summed E-state index contributed by atoms with van der Waals surface area (Å²) in [5, 5.41) is 5.00. The molecule has 25 heavy (non-hydrogen) atoms. The molecule has 2 aromatic rings. The largest absolute Gasteiger partial charge is 0.497 e. The van der Waals surface area contributed by atoms with Gasteiger partial charge in [-0.2, -0.15) is 0 Å². The Labute approximate surface area is 147 Å². The average molecular weight is 341 g/mol. The number of benzene rings is 2. The molecule has 0 spiro atoms. The number of fused-ring (bicyclic) bond motifs is 1. The molecule has 1 saturated heterocycles. The normalized spacial score (nSPS) is 14.7. The summed E-state index contributed by atoms with van der Waals surface area (Å²) in [5.74, 6) is 0.739. The van der Waals surface area contributed by atoms with E-state index in [4.69, 9.17) is 4.74 Å². The molecule has 1 N–H and O–H groups in total. The van der Waals surface area contributed by atoms with Crippen molar-refractivity contribution >= 4 is 22.6 Å². The van der Waals surface area contributed by atoms with E-state index < -0.39 is 0 Å². The van der Waals surface area contributed by atoms with Crippen molar-refractivity contribution in [2.24, 2.45) is 0 Å². The molecule has 1 heterocycles. The molecular formula is C19H23N3O3. The number of nitrogens with one attached hydrogen (secondary N) is 1. The summed E-state index contributed by atoms with van der Waals surface area (Å²) in [6.07, 6.45) is 0. The first-order valence-corrected chi connectivity index (χ1v) is 8.35. The molecule has 3 rings (SSSR count). The first-order chi connectivity index (χ1) is 12.0. The number of hydrogen-bond donors (Lipinski definition) is 1. The fourth-order valence-electron chi connectivity index (χ4n) is 3.05. The Morgan fingerprint density at radius 3 is 2.76 bits per heavy atom. The van der Waals surface area contributed by atoms with E-state index in [1.165, 1.54) is 0 Å². The zero-order valence-corrected chi connectivity index (χ0v) is 14.6. The van der Waals surface area contributed by atoms with Crippen LogP contribution in [0.25, 0.3) is 10.8 Å². The van der Waals surface area contributed by atoms with Gasteiger partial charge in [-0.1, -0.05) is 18.2 Å². The maximum absolute atomic E-state index is 12.3. The number of nitrogens with zero attached hydrogens (tertiary/aromatic N) is 2. The van der Waals surface area contributed by atoms with Gasteiger partial charge in [0, 0.05) is 19.6 Å². The smallest absolute Gasteiger partial charge is 0.239 e. The van der Waals surface area contributed by atoms with E-state index in [9.17, 15) is 9.59 Å². The van der Waals surface area contributed by atoms with Crippen LogP contribution >= 0.6 is 0 Å². The van der Waals surface area contributed by atoms with Gasteiger partial charge in [0.15, 0.2) is 0 Å². The minimum atomic E-state index is -0.0905. The quantitative estimate of drug-likeness (QED) is 0.889. The van der Waals surface area contributed by atoms with Crippen LogP contribution in [0.3, 0.4) is 0 Å². The van der Waals surface area contributed by atoms with Crippen molar-refractivity contribution in [3.05, 3.63) is 42.0 Å². The Bertz CT molecular complexity index is 791. The van der Waals surface area contributed by atoms with Crippen LogP contribution in [0, 0.1) is 0 Å². The van der Waals surface area contributed by atoms with E-state index in [0.717, 1.165) is 22.1 Å². The molecule has 1 aliphatic heterocycles. The standard InChI is InChI=1S/C19H23N3O3/c1-21(13-19(24)22-8-7-20-18(23)12-22)11-14-3-4-16-10-17(25-2)6-5-15(16)9-14/h3-6,9-10H,7-8,11-13H2,1-2H3,(H,20,23). The van der Waals surface area contributed by atoms with E-state index >= 15 is 0 Å². The fraction of sp³-hybridized carbons (Fsp3) is 0.368. The van der Waals surface area contributed by atoms with Crippen molar-refractivity contribution in [1.29, 1.82) is 0 Å². The molecule has 2 amide bonds. The Balaban J connectivity index is 1.62. The molecule has 0 aromatic heterocycles. The first kappa shape index (κ1) is 17.2. The highest BCUT2D eigenvalue weighted by Gasteiger charge is 2.21. The topological polar surface area (TPSA) is 61.9 Å². The number of methoxy groups -OCH3 is 1. The summed E-state index contributed by atoms with van der Waals surface area (Å²) in [5.41, 5.74) is 1.14. The van der Waals surface area contributed by atoms with Crippen molar-refractivity contribution < 1.29 is 14.3 Å². The Morgan fingerprint density at radius 2 is 2.00 bits per heavy atom. The second kappa shape index (κ2) is 7.53. The molecule has 2 aromatic carbocycles. The number of likely N-dealkylation sites (N-methyl/N-ethyl adjacent to an activating group) is 1. The maximum atomic E-state index is 12.3. The number of ether oxygens (including phenoxy) is 1. The minimum absolute atomic E-state index is 0.0112. The number of carbonyl (C=O) groups excluding carboxylic acids is 2. The monoisotopic (exact) mass is 341 g/mol. The predicted molar refractivity (Wildman–Crippen MR) is 96.4 cm³/mol. The number of rotatable bonds is 5. The van der Waals surface area contributed by atoms with Crippen molar-refractivity contribution in [1.82, 2.24) is 15.1 Å². The van der Waals surface area contributed by atoms with Crippen molar-refractivity contribution in [3.8, 4) is 5.75 Å². The number of hydrogen-bond acceptors (Lipinski definition) is 4. The summed E-state index contributed by atoms with van der Waals surface area (Å²) in [7, 11) is 3.58. The number of piperazine rings is 1. The van der Waals surface area contributed by atoms with Crippen LogP contribution < -0.4 is 10.1 Å². The van der Waals surface area contributed by atoms with Gasteiger partial charge in [-0.25, -0.2) is 0 Å². The highest BCUT2D eigenvalue weighted by atomic mass is 16.5. The van der Waals surface area contributed by atoms with Gasteiger partial charge in [0.2, 0.25) is 11.8 Å². The SMILES string of the molecule is COc1ccc2cc(CN(C)CC(=O)N3CCNC(=O)C3)ccc2c1. The molecule has 0 radical (unpaired) electrons. The van der Waals surface area contributed by atoms with Crippen LogP contribution in [-0.4, -0.2) is 62.0 Å². The van der Waals surface area contributed by atoms with Gasteiger partial charge in [-0.05, 0) is 41.6 Å². The molecule has 0 unspecified atom stereocenters. The lowest BCUT2D eigenvalue weighted by molar-refractivity contribution is -0.138. The third-order valence-corrected chi connectivity index (χ3v) is 4.36. The van der Waals surface area contributed by atoms with Gasteiger partial charge < -0.3 is 15.0 Å². The van der Waals surface area contributed by atoms with Gasteiger partial charge in [-0.15, -0.1) is 0 Å². The molecule has 6 nitrogen and oxygen atoms in total. The molecule has 1 fully saturated rings. The Hall–Kier alpha value is -2.60. The van der Waals surface area contributed by atoms with E-state index in [1.54, 1.807) is 12.0 Å². The van der Waals surface area contributed by atoms with Crippen LogP contribution in [-0.2, 0) is 16.1 Å². The van der Waals surface area contributed by atoms with Crippen molar-refractivity contribution in [2.45, 2.75) is 6.54 Å². The summed E-state index contributed by atoms with van der Waals surface area (Å²) in [6.45, 7) is 2.24. The van der Waals surface area contributed by atoms with Gasteiger partial charge in [0.1, 0.15) is 5.75 Å². The maximum Gasteiger partial charge on any atom is 0.239 e. The van der Waals surface area contributed by atoms with Gasteiger partial charge in [-0.3, -0.25) is 14.5 Å². The highest BCUT2D eigenvalue weighted by molar-refractivity contribution is 5.87. The minimum Gasteiger partial charge on any atom is -0.497 e. The zero-order valence-electron chi connectivity index (χ0n) is 14.6.